The van der Waals surface area contributed by atoms with Gasteiger partial charge in [0.1, 0.15) is 0 Å². The Bertz CT molecular complexity index is 428. The molecule has 0 fully saturated rings. The van der Waals surface area contributed by atoms with Crippen LogP contribution < -0.4 is 5.73 Å². The number of aromatic amines is 1. The number of carbonyl (C=O) groups excluding carboxylic acids is 1. The highest BCUT2D eigenvalue weighted by Crippen LogP contribution is 2.20. The van der Waals surface area contributed by atoms with E-state index in [0.29, 0.717) is 17.9 Å². The third kappa shape index (κ3) is 2.67. The summed E-state index contributed by atoms with van der Waals surface area (Å²) in [5.74, 6) is -0.181. The molecule has 0 spiro atoms. The van der Waals surface area contributed by atoms with Crippen LogP contribution in [0.2, 0.25) is 0 Å². The third-order valence-corrected chi connectivity index (χ3v) is 2.56. The summed E-state index contributed by atoms with van der Waals surface area (Å²) >= 11 is 0. The molecule has 0 unspecified atom stereocenters. The van der Waals surface area contributed by atoms with Crippen molar-refractivity contribution in [1.82, 2.24) is 15.1 Å². The number of nitrogens with two attached hydrogens (primary N) is 1. The quantitative estimate of drug-likeness (QED) is 0.785. The van der Waals surface area contributed by atoms with E-state index in [1.54, 1.807) is 17.9 Å². The van der Waals surface area contributed by atoms with Gasteiger partial charge in [-0.1, -0.05) is 6.08 Å². The summed E-state index contributed by atoms with van der Waals surface area (Å²) in [5, 5.41) is 6.67. The van der Waals surface area contributed by atoms with Crippen molar-refractivity contribution in [3.05, 3.63) is 24.0 Å². The molecule has 0 saturated carbocycles. The zero-order valence-corrected chi connectivity index (χ0v) is 10.9. The lowest BCUT2D eigenvalue weighted by atomic mass is 10.1. The van der Waals surface area contributed by atoms with Crippen molar-refractivity contribution < 1.29 is 4.79 Å². The molecule has 0 aliphatic rings. The van der Waals surface area contributed by atoms with Gasteiger partial charge in [0.25, 0.3) is 5.91 Å². The molecule has 0 radical (unpaired) electrons. The zero-order valence-electron chi connectivity index (χ0n) is 10.9. The van der Waals surface area contributed by atoms with E-state index in [9.17, 15) is 4.79 Å². The lowest BCUT2D eigenvalue weighted by Gasteiger charge is -2.34. The average molecular weight is 236 g/mol. The number of hydrogen-bond acceptors (Lipinski definition) is 3. The minimum Gasteiger partial charge on any atom is -0.395 e. The van der Waals surface area contributed by atoms with Gasteiger partial charge in [0.2, 0.25) is 0 Å². The van der Waals surface area contributed by atoms with Crippen LogP contribution in [0.25, 0.3) is 0 Å². The molecule has 1 aromatic heterocycles. The Morgan fingerprint density at radius 2 is 2.18 bits per heavy atom. The number of H-pyrrole nitrogens is 1. The topological polar surface area (TPSA) is 75.0 Å². The summed E-state index contributed by atoms with van der Waals surface area (Å²) in [6.45, 7) is 11.8. The van der Waals surface area contributed by atoms with Gasteiger partial charge in [-0.25, -0.2) is 0 Å². The maximum atomic E-state index is 12.3. The van der Waals surface area contributed by atoms with E-state index in [0.717, 1.165) is 0 Å². The van der Waals surface area contributed by atoms with Crippen LogP contribution in [0.15, 0.2) is 12.7 Å². The number of carbonyl (C=O) groups is 1. The van der Waals surface area contributed by atoms with E-state index in [4.69, 9.17) is 5.73 Å². The Labute approximate surface area is 102 Å². The number of aryl methyl sites for hydroxylation is 1. The Morgan fingerprint density at radius 1 is 1.59 bits per heavy atom. The zero-order chi connectivity index (χ0) is 13.2. The van der Waals surface area contributed by atoms with Crippen LogP contribution in [-0.4, -0.2) is 33.1 Å². The summed E-state index contributed by atoms with van der Waals surface area (Å²) in [7, 11) is 0. The van der Waals surface area contributed by atoms with E-state index < -0.39 is 0 Å². The molecule has 0 saturated heterocycles. The number of hydrogen-bond donors (Lipinski definition) is 2. The molecule has 17 heavy (non-hydrogen) atoms. The SMILES string of the molecule is C=CCN(C(=O)c1n[nH]c(C)c1N)C(C)(C)C. The molecule has 0 bridgehead atoms. The van der Waals surface area contributed by atoms with E-state index >= 15 is 0 Å². The lowest BCUT2D eigenvalue weighted by molar-refractivity contribution is 0.0611. The van der Waals surface area contributed by atoms with Crippen LogP contribution in [0.5, 0.6) is 0 Å². The molecule has 1 rings (SSSR count). The van der Waals surface area contributed by atoms with Crippen molar-refractivity contribution in [3.63, 3.8) is 0 Å². The molecule has 5 heteroatoms. The van der Waals surface area contributed by atoms with Gasteiger partial charge < -0.3 is 10.6 Å². The molecule has 1 heterocycles. The molecule has 0 aliphatic heterocycles. The lowest BCUT2D eigenvalue weighted by Crippen LogP contribution is -2.46. The van der Waals surface area contributed by atoms with Gasteiger partial charge in [-0.3, -0.25) is 9.89 Å². The second-order valence-corrected chi connectivity index (χ2v) is 4.99. The van der Waals surface area contributed by atoms with Gasteiger partial charge in [-0.05, 0) is 27.7 Å². The van der Waals surface area contributed by atoms with Crippen molar-refractivity contribution in [2.75, 3.05) is 12.3 Å². The third-order valence-electron chi connectivity index (χ3n) is 2.56. The number of anilines is 1. The van der Waals surface area contributed by atoms with Crippen LogP contribution in [0.4, 0.5) is 5.69 Å². The van der Waals surface area contributed by atoms with Gasteiger partial charge in [0.05, 0.1) is 11.4 Å². The Balaban J connectivity index is 3.08. The summed E-state index contributed by atoms with van der Waals surface area (Å²) in [6, 6.07) is 0. The fourth-order valence-electron chi connectivity index (χ4n) is 1.52. The van der Waals surface area contributed by atoms with Crippen LogP contribution in [0.1, 0.15) is 37.0 Å². The Kier molecular flexibility index (Phi) is 3.60. The van der Waals surface area contributed by atoms with Crippen molar-refractivity contribution >= 4 is 11.6 Å². The fraction of sp³-hybridized carbons (Fsp3) is 0.500. The van der Waals surface area contributed by atoms with Gasteiger partial charge in [-0.2, -0.15) is 5.10 Å². The van der Waals surface area contributed by atoms with Crippen LogP contribution in [-0.2, 0) is 0 Å². The summed E-state index contributed by atoms with van der Waals surface area (Å²) < 4.78 is 0. The summed E-state index contributed by atoms with van der Waals surface area (Å²) in [5.41, 5.74) is 6.91. The number of amides is 1. The average Bonchev–Trinajstić information content (AvgIpc) is 2.54. The molecule has 1 amide bonds. The van der Waals surface area contributed by atoms with Crippen molar-refractivity contribution in [2.45, 2.75) is 33.2 Å². The largest absolute Gasteiger partial charge is 0.395 e. The Hall–Kier alpha value is -1.78. The van der Waals surface area contributed by atoms with Gasteiger partial charge >= 0.3 is 0 Å². The van der Waals surface area contributed by atoms with Gasteiger partial charge in [-0.15, -0.1) is 6.58 Å². The maximum Gasteiger partial charge on any atom is 0.277 e. The van der Waals surface area contributed by atoms with Crippen molar-refractivity contribution in [2.24, 2.45) is 0 Å². The molecule has 0 atom stereocenters. The van der Waals surface area contributed by atoms with Crippen molar-refractivity contribution in [3.8, 4) is 0 Å². The number of nitrogens with one attached hydrogen (secondary N) is 1. The highest BCUT2D eigenvalue weighted by Gasteiger charge is 2.29. The molecular formula is C12H20N4O. The molecular weight excluding hydrogens is 216 g/mol. The van der Waals surface area contributed by atoms with Gasteiger partial charge in [0.15, 0.2) is 5.69 Å². The molecule has 1 aromatic rings. The molecule has 0 aliphatic carbocycles. The summed E-state index contributed by atoms with van der Waals surface area (Å²) in [4.78, 5) is 14.0. The monoisotopic (exact) mass is 236 g/mol. The molecule has 94 valence electrons. The van der Waals surface area contributed by atoms with E-state index in [-0.39, 0.29) is 17.1 Å². The number of aromatic nitrogens is 2. The van der Waals surface area contributed by atoms with Crippen LogP contribution in [0.3, 0.4) is 0 Å². The van der Waals surface area contributed by atoms with Crippen molar-refractivity contribution in [1.29, 1.82) is 0 Å². The first-order chi connectivity index (χ1) is 7.79. The van der Waals surface area contributed by atoms with Crippen LogP contribution >= 0.6 is 0 Å². The molecule has 3 N–H and O–H groups in total. The maximum absolute atomic E-state index is 12.3. The normalized spacial score (nSPS) is 11.3. The highest BCUT2D eigenvalue weighted by atomic mass is 16.2. The first-order valence-electron chi connectivity index (χ1n) is 5.52. The van der Waals surface area contributed by atoms with Gasteiger partial charge in [0, 0.05) is 12.1 Å². The molecule has 5 nitrogen and oxygen atoms in total. The number of nitrogen functional groups attached to an aromatic ring is 1. The number of rotatable bonds is 3. The second-order valence-electron chi connectivity index (χ2n) is 4.99. The number of nitrogens with zero attached hydrogens (tertiary/aromatic N) is 2. The highest BCUT2D eigenvalue weighted by molar-refractivity contribution is 5.98. The predicted molar refractivity (Wildman–Crippen MR) is 68.7 cm³/mol. The minimum atomic E-state index is -0.301. The first kappa shape index (κ1) is 13.3. The predicted octanol–water partition coefficient (Wildman–Crippen LogP) is 1.73. The Morgan fingerprint density at radius 3 is 2.53 bits per heavy atom. The van der Waals surface area contributed by atoms with E-state index in [2.05, 4.69) is 16.8 Å². The van der Waals surface area contributed by atoms with Crippen LogP contribution in [0, 0.1) is 6.92 Å². The smallest absolute Gasteiger partial charge is 0.277 e. The first-order valence-corrected chi connectivity index (χ1v) is 5.52. The molecule has 0 aromatic carbocycles. The van der Waals surface area contributed by atoms with E-state index in [1.807, 2.05) is 20.8 Å². The standard InChI is InChI=1S/C12H20N4O/c1-6-7-16(12(3,4)5)11(17)10-9(13)8(2)14-15-10/h6H,1,7,13H2,2-5H3,(H,14,15). The van der Waals surface area contributed by atoms with E-state index in [1.165, 1.54) is 0 Å². The summed E-state index contributed by atoms with van der Waals surface area (Å²) in [6.07, 6.45) is 1.69. The fourth-order valence-corrected chi connectivity index (χ4v) is 1.52. The second kappa shape index (κ2) is 4.61. The minimum absolute atomic E-state index is 0.181.